The van der Waals surface area contributed by atoms with Gasteiger partial charge >= 0.3 is 0 Å². The highest BCUT2D eigenvalue weighted by Crippen LogP contribution is 2.46. The second-order valence-corrected chi connectivity index (χ2v) is 9.28. The molecule has 2 aromatic rings. The van der Waals surface area contributed by atoms with Crippen LogP contribution in [-0.2, 0) is 0 Å². The van der Waals surface area contributed by atoms with Crippen LogP contribution in [0.25, 0.3) is 11.1 Å². The third-order valence-electron chi connectivity index (χ3n) is 7.10. The summed E-state index contributed by atoms with van der Waals surface area (Å²) in [7, 11) is 2.20. The van der Waals surface area contributed by atoms with E-state index in [9.17, 15) is 13.9 Å². The van der Waals surface area contributed by atoms with Crippen LogP contribution in [-0.4, -0.2) is 72.2 Å². The Kier molecular flexibility index (Phi) is 4.90. The van der Waals surface area contributed by atoms with Gasteiger partial charge in [-0.3, -0.25) is 4.90 Å². The van der Waals surface area contributed by atoms with Crippen molar-refractivity contribution in [1.82, 2.24) is 14.8 Å². The lowest BCUT2D eigenvalue weighted by atomic mass is 9.78. The number of nitrogens with zero attached hydrogens (tertiary/aromatic N) is 4. The molecule has 2 saturated heterocycles. The molecule has 160 valence electrons. The highest BCUT2D eigenvalue weighted by Gasteiger charge is 2.48. The number of anilines is 1. The van der Waals surface area contributed by atoms with Crippen LogP contribution in [0.4, 0.5) is 14.6 Å². The van der Waals surface area contributed by atoms with Gasteiger partial charge in [-0.2, -0.15) is 0 Å². The Bertz CT molecular complexity index is 939. The van der Waals surface area contributed by atoms with Gasteiger partial charge in [0.1, 0.15) is 23.2 Å². The lowest BCUT2D eigenvalue weighted by Crippen LogP contribution is -2.54. The van der Waals surface area contributed by atoms with Gasteiger partial charge in [-0.15, -0.1) is 0 Å². The molecule has 1 spiro atoms. The molecule has 30 heavy (non-hydrogen) atoms. The SMILES string of the molecule is CN1CC2(CCC(N3CCN(c4ncc(F)cc4-c4ccc(F)cc4O)CC3)C2)C1. The van der Waals surface area contributed by atoms with Gasteiger partial charge < -0.3 is 14.9 Å². The Hall–Kier alpha value is -2.25. The molecule has 5 rings (SSSR count). The zero-order valence-corrected chi connectivity index (χ0v) is 17.3. The van der Waals surface area contributed by atoms with Crippen molar-refractivity contribution in [1.29, 1.82) is 0 Å². The molecule has 1 aliphatic carbocycles. The lowest BCUT2D eigenvalue weighted by Gasteiger charge is -2.47. The first kappa shape index (κ1) is 19.7. The summed E-state index contributed by atoms with van der Waals surface area (Å²) in [6, 6.07) is 5.83. The minimum absolute atomic E-state index is 0.205. The van der Waals surface area contributed by atoms with E-state index in [4.69, 9.17) is 0 Å². The van der Waals surface area contributed by atoms with Crippen molar-refractivity contribution in [3.05, 3.63) is 42.1 Å². The summed E-state index contributed by atoms with van der Waals surface area (Å²) < 4.78 is 27.4. The van der Waals surface area contributed by atoms with E-state index >= 15 is 0 Å². The quantitative estimate of drug-likeness (QED) is 0.835. The van der Waals surface area contributed by atoms with Crippen LogP contribution >= 0.6 is 0 Å². The zero-order valence-electron chi connectivity index (χ0n) is 17.3. The van der Waals surface area contributed by atoms with Crippen molar-refractivity contribution < 1.29 is 13.9 Å². The number of aromatic nitrogens is 1. The maximum Gasteiger partial charge on any atom is 0.142 e. The average Bonchev–Trinajstić information content (AvgIpc) is 3.13. The van der Waals surface area contributed by atoms with E-state index < -0.39 is 11.6 Å². The average molecular weight is 415 g/mol. The second kappa shape index (κ2) is 7.46. The molecule has 1 aromatic heterocycles. The number of hydrogen-bond acceptors (Lipinski definition) is 5. The van der Waals surface area contributed by atoms with E-state index in [2.05, 4.69) is 26.7 Å². The number of benzene rings is 1. The van der Waals surface area contributed by atoms with E-state index in [0.717, 1.165) is 32.2 Å². The predicted octanol–water partition coefficient (Wildman–Crippen LogP) is 3.34. The number of phenols is 1. The normalized spacial score (nSPS) is 24.4. The highest BCUT2D eigenvalue weighted by atomic mass is 19.1. The van der Waals surface area contributed by atoms with Gasteiger partial charge in [-0.25, -0.2) is 13.8 Å². The van der Waals surface area contributed by atoms with Gasteiger partial charge in [0.05, 0.1) is 6.20 Å². The van der Waals surface area contributed by atoms with E-state index in [-0.39, 0.29) is 5.75 Å². The number of hydrogen-bond donors (Lipinski definition) is 1. The number of rotatable bonds is 3. The Morgan fingerprint density at radius 1 is 1.03 bits per heavy atom. The van der Waals surface area contributed by atoms with Crippen molar-refractivity contribution in [2.75, 3.05) is 51.2 Å². The molecule has 1 unspecified atom stereocenters. The highest BCUT2D eigenvalue weighted by molar-refractivity contribution is 5.80. The molecule has 1 atom stereocenters. The summed E-state index contributed by atoms with van der Waals surface area (Å²) in [5, 5.41) is 10.2. The van der Waals surface area contributed by atoms with Crippen LogP contribution in [0.15, 0.2) is 30.5 Å². The fourth-order valence-electron chi connectivity index (χ4n) is 5.79. The van der Waals surface area contributed by atoms with Gasteiger partial charge in [0.15, 0.2) is 0 Å². The minimum Gasteiger partial charge on any atom is -0.507 e. The summed E-state index contributed by atoms with van der Waals surface area (Å²) >= 11 is 0. The van der Waals surface area contributed by atoms with Gasteiger partial charge in [0.2, 0.25) is 0 Å². The van der Waals surface area contributed by atoms with Crippen molar-refractivity contribution in [2.24, 2.45) is 5.41 Å². The van der Waals surface area contributed by atoms with Gasteiger partial charge in [-0.05, 0) is 49.9 Å². The number of pyridine rings is 1. The first-order chi connectivity index (χ1) is 14.4. The predicted molar refractivity (Wildman–Crippen MR) is 113 cm³/mol. The van der Waals surface area contributed by atoms with E-state index in [0.29, 0.717) is 28.4 Å². The molecule has 1 aromatic carbocycles. The van der Waals surface area contributed by atoms with Crippen molar-refractivity contribution in [2.45, 2.75) is 25.3 Å². The van der Waals surface area contributed by atoms with Crippen LogP contribution in [0, 0.1) is 17.0 Å². The van der Waals surface area contributed by atoms with Crippen LogP contribution in [0.1, 0.15) is 19.3 Å². The Morgan fingerprint density at radius 2 is 1.80 bits per heavy atom. The molecule has 2 aliphatic heterocycles. The van der Waals surface area contributed by atoms with Crippen molar-refractivity contribution >= 4 is 5.82 Å². The molecular formula is C23H28F2N4O. The number of likely N-dealkylation sites (tertiary alicyclic amines) is 1. The van der Waals surface area contributed by atoms with E-state index in [1.165, 1.54) is 56.7 Å². The number of piperazine rings is 1. The van der Waals surface area contributed by atoms with E-state index in [1.807, 2.05) is 0 Å². The van der Waals surface area contributed by atoms with E-state index in [1.54, 1.807) is 0 Å². The van der Waals surface area contributed by atoms with Crippen molar-refractivity contribution in [3.8, 4) is 16.9 Å². The lowest BCUT2D eigenvalue weighted by molar-refractivity contribution is 0.0204. The molecule has 3 fully saturated rings. The Labute approximate surface area is 175 Å². The first-order valence-electron chi connectivity index (χ1n) is 10.7. The zero-order chi connectivity index (χ0) is 20.9. The summed E-state index contributed by atoms with van der Waals surface area (Å²) in [5.41, 5.74) is 1.44. The summed E-state index contributed by atoms with van der Waals surface area (Å²) in [6.45, 7) is 5.96. The summed E-state index contributed by atoms with van der Waals surface area (Å²) in [6.07, 6.45) is 5.10. The van der Waals surface area contributed by atoms with Crippen LogP contribution in [0.2, 0.25) is 0 Å². The molecule has 1 N–H and O–H groups in total. The molecular weight excluding hydrogens is 386 g/mol. The standard InChI is InChI=1S/C23H28F2N4O/c1-27-14-23(15-27)5-4-18(12-23)28-6-8-29(9-7-28)22-20(10-17(25)13-26-22)19-3-2-16(24)11-21(19)30/h2-3,10-11,13,18,30H,4-9,12,14-15H2,1H3. The fraction of sp³-hybridized carbons (Fsp3) is 0.522. The third-order valence-corrected chi connectivity index (χ3v) is 7.10. The topological polar surface area (TPSA) is 42.8 Å². The van der Waals surface area contributed by atoms with Crippen LogP contribution < -0.4 is 4.90 Å². The van der Waals surface area contributed by atoms with Gasteiger partial charge in [0, 0.05) is 62.5 Å². The minimum atomic E-state index is -0.525. The summed E-state index contributed by atoms with van der Waals surface area (Å²) in [4.78, 5) is 11.5. The van der Waals surface area contributed by atoms with Crippen LogP contribution in [0.5, 0.6) is 5.75 Å². The molecule has 5 nitrogen and oxygen atoms in total. The molecule has 0 amide bonds. The monoisotopic (exact) mass is 414 g/mol. The molecule has 7 heteroatoms. The van der Waals surface area contributed by atoms with Gasteiger partial charge in [-0.1, -0.05) is 0 Å². The number of aromatic hydroxyl groups is 1. The molecule has 0 bridgehead atoms. The number of phenolic OH excluding ortho intramolecular Hbond substituents is 1. The Balaban J connectivity index is 1.31. The smallest absolute Gasteiger partial charge is 0.142 e. The van der Waals surface area contributed by atoms with Crippen molar-refractivity contribution in [3.63, 3.8) is 0 Å². The maximum absolute atomic E-state index is 14.0. The first-order valence-corrected chi connectivity index (χ1v) is 10.7. The molecule has 1 saturated carbocycles. The third kappa shape index (κ3) is 3.54. The Morgan fingerprint density at radius 3 is 2.50 bits per heavy atom. The summed E-state index contributed by atoms with van der Waals surface area (Å²) in [5.74, 6) is -0.564. The maximum atomic E-state index is 14.0. The largest absolute Gasteiger partial charge is 0.507 e. The molecule has 0 radical (unpaired) electrons. The molecule has 3 aliphatic rings. The molecule has 3 heterocycles. The fourth-order valence-corrected chi connectivity index (χ4v) is 5.79. The number of halogens is 2. The van der Waals surface area contributed by atoms with Crippen LogP contribution in [0.3, 0.4) is 0 Å². The second-order valence-electron chi connectivity index (χ2n) is 9.28. The van der Waals surface area contributed by atoms with Gasteiger partial charge in [0.25, 0.3) is 0 Å².